The largest absolute Gasteiger partial charge is 0.475 e. The molecule has 1 aromatic rings. The number of hydrogen-bond acceptors (Lipinski definition) is 4. The minimum atomic E-state index is -4.51. The second kappa shape index (κ2) is 5.20. The van der Waals surface area contributed by atoms with E-state index in [-0.39, 0.29) is 17.9 Å². The van der Waals surface area contributed by atoms with Gasteiger partial charge in [-0.1, -0.05) is 6.92 Å². The van der Waals surface area contributed by atoms with E-state index in [0.717, 1.165) is 6.07 Å². The van der Waals surface area contributed by atoms with Gasteiger partial charge in [0.25, 0.3) is 0 Å². The number of ether oxygens (including phenoxy) is 1. The van der Waals surface area contributed by atoms with E-state index in [9.17, 15) is 13.2 Å². The number of hydrogen-bond donors (Lipinski definition) is 1. The van der Waals surface area contributed by atoms with E-state index in [1.165, 1.54) is 7.05 Å². The highest BCUT2D eigenvalue weighted by Gasteiger charge is 2.34. The summed E-state index contributed by atoms with van der Waals surface area (Å²) < 4.78 is 42.8. The maximum atomic E-state index is 12.5. The highest BCUT2D eigenvalue weighted by atomic mass is 19.4. The molecule has 1 aromatic heterocycles. The standard InChI is InChI=1S/C10H14F3N3O/c1-4-6(2)17-8-5-7(10(11,12)13)15-9(14-3)16-8/h5-6H,4H2,1-3H3,(H,14,15,16). The lowest BCUT2D eigenvalue weighted by Crippen LogP contribution is -2.15. The van der Waals surface area contributed by atoms with Crippen molar-refractivity contribution in [1.29, 1.82) is 0 Å². The third-order valence-corrected chi connectivity index (χ3v) is 2.11. The molecule has 1 rings (SSSR count). The van der Waals surface area contributed by atoms with Gasteiger partial charge in [-0.3, -0.25) is 0 Å². The molecule has 0 spiro atoms. The monoisotopic (exact) mass is 249 g/mol. The summed E-state index contributed by atoms with van der Waals surface area (Å²) in [6.07, 6.45) is -4.03. The minimum Gasteiger partial charge on any atom is -0.475 e. The van der Waals surface area contributed by atoms with Gasteiger partial charge in [0.1, 0.15) is 0 Å². The molecule has 1 N–H and O–H groups in total. The quantitative estimate of drug-likeness (QED) is 0.891. The molecule has 1 atom stereocenters. The van der Waals surface area contributed by atoms with Crippen LogP contribution < -0.4 is 10.1 Å². The number of anilines is 1. The van der Waals surface area contributed by atoms with Crippen LogP contribution in [0.2, 0.25) is 0 Å². The van der Waals surface area contributed by atoms with Crippen molar-refractivity contribution in [3.8, 4) is 5.88 Å². The molecule has 0 amide bonds. The van der Waals surface area contributed by atoms with Crippen LogP contribution in [0.1, 0.15) is 26.0 Å². The van der Waals surface area contributed by atoms with Crippen LogP contribution in [0.25, 0.3) is 0 Å². The van der Waals surface area contributed by atoms with Gasteiger partial charge in [0, 0.05) is 13.1 Å². The molecule has 0 radical (unpaired) electrons. The summed E-state index contributed by atoms with van der Waals surface area (Å²) in [7, 11) is 1.45. The zero-order valence-corrected chi connectivity index (χ0v) is 9.80. The van der Waals surface area contributed by atoms with Crippen molar-refractivity contribution in [3.63, 3.8) is 0 Å². The summed E-state index contributed by atoms with van der Waals surface area (Å²) in [4.78, 5) is 7.14. The molecule has 0 saturated heterocycles. The molecule has 1 heterocycles. The number of rotatable bonds is 4. The molecule has 0 aliphatic rings. The number of halogens is 3. The lowest BCUT2D eigenvalue weighted by Gasteiger charge is -2.14. The molecule has 0 saturated carbocycles. The number of nitrogens with zero attached hydrogens (tertiary/aromatic N) is 2. The SMILES string of the molecule is CCC(C)Oc1cc(C(F)(F)F)nc(NC)n1. The van der Waals surface area contributed by atoms with Crippen molar-refractivity contribution in [2.75, 3.05) is 12.4 Å². The van der Waals surface area contributed by atoms with Gasteiger partial charge >= 0.3 is 6.18 Å². The van der Waals surface area contributed by atoms with Crippen molar-refractivity contribution in [2.45, 2.75) is 32.5 Å². The van der Waals surface area contributed by atoms with Crippen LogP contribution in [0.5, 0.6) is 5.88 Å². The van der Waals surface area contributed by atoms with Gasteiger partial charge in [0.2, 0.25) is 11.8 Å². The molecule has 0 fully saturated rings. The zero-order valence-electron chi connectivity index (χ0n) is 9.80. The first-order chi connectivity index (χ1) is 7.86. The van der Waals surface area contributed by atoms with Gasteiger partial charge in [-0.25, -0.2) is 4.98 Å². The predicted molar refractivity (Wildman–Crippen MR) is 57.0 cm³/mol. The summed E-state index contributed by atoms with van der Waals surface area (Å²) in [6.45, 7) is 3.63. The smallest absolute Gasteiger partial charge is 0.433 e. The second-order valence-electron chi connectivity index (χ2n) is 3.50. The fourth-order valence-corrected chi connectivity index (χ4v) is 1.03. The first kappa shape index (κ1) is 13.5. The van der Waals surface area contributed by atoms with Crippen molar-refractivity contribution in [2.24, 2.45) is 0 Å². The maximum absolute atomic E-state index is 12.5. The zero-order chi connectivity index (χ0) is 13.1. The highest BCUT2D eigenvalue weighted by Crippen LogP contribution is 2.30. The van der Waals surface area contributed by atoms with E-state index in [0.29, 0.717) is 6.42 Å². The van der Waals surface area contributed by atoms with Gasteiger partial charge in [-0.2, -0.15) is 18.2 Å². The minimum absolute atomic E-state index is 0.0778. The Labute approximate surface area is 97.2 Å². The van der Waals surface area contributed by atoms with E-state index in [2.05, 4.69) is 15.3 Å². The maximum Gasteiger partial charge on any atom is 0.433 e. The Kier molecular flexibility index (Phi) is 4.14. The van der Waals surface area contributed by atoms with Gasteiger partial charge in [0.05, 0.1) is 6.10 Å². The summed E-state index contributed by atoms with van der Waals surface area (Å²) in [5, 5.41) is 2.47. The molecule has 1 unspecified atom stereocenters. The van der Waals surface area contributed by atoms with Crippen LogP contribution >= 0.6 is 0 Å². The van der Waals surface area contributed by atoms with Crippen molar-refractivity contribution in [1.82, 2.24) is 9.97 Å². The van der Waals surface area contributed by atoms with Gasteiger partial charge < -0.3 is 10.1 Å². The number of nitrogens with one attached hydrogen (secondary N) is 1. The molecule has 0 bridgehead atoms. The Morgan fingerprint density at radius 2 is 2.06 bits per heavy atom. The van der Waals surface area contributed by atoms with Gasteiger partial charge in [-0.05, 0) is 13.3 Å². The summed E-state index contributed by atoms with van der Waals surface area (Å²) in [5.41, 5.74) is -1.02. The number of alkyl halides is 3. The van der Waals surface area contributed by atoms with E-state index in [1.807, 2.05) is 6.92 Å². The molecule has 4 nitrogen and oxygen atoms in total. The average Bonchev–Trinajstić information content (AvgIpc) is 2.27. The van der Waals surface area contributed by atoms with E-state index in [1.54, 1.807) is 6.92 Å². The Hall–Kier alpha value is -1.53. The first-order valence-electron chi connectivity index (χ1n) is 5.17. The van der Waals surface area contributed by atoms with Crippen molar-refractivity contribution >= 4 is 5.95 Å². The lowest BCUT2D eigenvalue weighted by atomic mass is 10.3. The molecule has 7 heteroatoms. The van der Waals surface area contributed by atoms with Crippen LogP contribution in [-0.4, -0.2) is 23.1 Å². The van der Waals surface area contributed by atoms with Crippen molar-refractivity contribution in [3.05, 3.63) is 11.8 Å². The Balaban J connectivity index is 3.05. The van der Waals surface area contributed by atoms with E-state index < -0.39 is 11.9 Å². The van der Waals surface area contributed by atoms with Crippen molar-refractivity contribution < 1.29 is 17.9 Å². The Morgan fingerprint density at radius 3 is 2.53 bits per heavy atom. The normalized spacial score (nSPS) is 13.3. The van der Waals surface area contributed by atoms with Gasteiger partial charge in [0.15, 0.2) is 5.69 Å². The first-order valence-corrected chi connectivity index (χ1v) is 5.17. The Morgan fingerprint density at radius 1 is 1.41 bits per heavy atom. The molecule has 0 aliphatic carbocycles. The summed E-state index contributed by atoms with van der Waals surface area (Å²) >= 11 is 0. The fraction of sp³-hybridized carbons (Fsp3) is 0.600. The molecule has 0 aromatic carbocycles. The van der Waals surface area contributed by atoms with E-state index >= 15 is 0 Å². The van der Waals surface area contributed by atoms with Crippen LogP contribution in [0.3, 0.4) is 0 Å². The average molecular weight is 249 g/mol. The summed E-state index contributed by atoms with van der Waals surface area (Å²) in [5.74, 6) is -0.191. The van der Waals surface area contributed by atoms with Crippen LogP contribution in [0.15, 0.2) is 6.07 Å². The molecular weight excluding hydrogens is 235 g/mol. The highest BCUT2D eigenvalue weighted by molar-refractivity contribution is 5.31. The van der Waals surface area contributed by atoms with Crippen LogP contribution in [0, 0.1) is 0 Å². The molecular formula is C10H14F3N3O. The molecule has 96 valence electrons. The third-order valence-electron chi connectivity index (χ3n) is 2.11. The fourth-order valence-electron chi connectivity index (χ4n) is 1.03. The molecule has 0 aliphatic heterocycles. The third kappa shape index (κ3) is 3.76. The Bertz CT molecular complexity index is 382. The van der Waals surface area contributed by atoms with Gasteiger partial charge in [-0.15, -0.1) is 0 Å². The lowest BCUT2D eigenvalue weighted by molar-refractivity contribution is -0.141. The summed E-state index contributed by atoms with van der Waals surface area (Å²) in [6, 6.07) is 0.799. The van der Waals surface area contributed by atoms with Crippen LogP contribution in [-0.2, 0) is 6.18 Å². The number of aromatic nitrogens is 2. The van der Waals surface area contributed by atoms with E-state index in [4.69, 9.17) is 4.74 Å². The topological polar surface area (TPSA) is 47.0 Å². The second-order valence-corrected chi connectivity index (χ2v) is 3.50. The van der Waals surface area contributed by atoms with Crippen LogP contribution in [0.4, 0.5) is 19.1 Å². The predicted octanol–water partition coefficient (Wildman–Crippen LogP) is 2.71. The molecule has 17 heavy (non-hydrogen) atoms.